The van der Waals surface area contributed by atoms with E-state index in [9.17, 15) is 9.59 Å². The standard InChI is InChI=1S/C20H27ClN2O4/c1-19(2,3)27-18(25)23-9-5-13(6-10-23)14-11-15(20(12-24)7-8-20)16(21)22-17(14)26-4/h11-13H,5-10H2,1-4H3. The highest BCUT2D eigenvalue weighted by Gasteiger charge is 2.47. The Morgan fingerprint density at radius 1 is 1.33 bits per heavy atom. The lowest BCUT2D eigenvalue weighted by Crippen LogP contribution is -2.41. The average Bonchev–Trinajstić information content (AvgIpc) is 3.41. The summed E-state index contributed by atoms with van der Waals surface area (Å²) in [7, 11) is 1.57. The lowest BCUT2D eigenvalue weighted by atomic mass is 9.87. The lowest BCUT2D eigenvalue weighted by molar-refractivity contribution is -0.109. The van der Waals surface area contributed by atoms with Gasteiger partial charge in [0, 0.05) is 24.2 Å². The monoisotopic (exact) mass is 394 g/mol. The predicted octanol–water partition coefficient (Wildman–Crippen LogP) is 4.09. The summed E-state index contributed by atoms with van der Waals surface area (Å²) in [5.74, 6) is 0.700. The Hall–Kier alpha value is -1.82. The van der Waals surface area contributed by atoms with Gasteiger partial charge in [0.15, 0.2) is 0 Å². The molecular formula is C20H27ClN2O4. The van der Waals surface area contributed by atoms with E-state index in [-0.39, 0.29) is 12.0 Å². The van der Waals surface area contributed by atoms with Crippen LogP contribution in [0.25, 0.3) is 0 Å². The molecule has 0 aromatic carbocycles. The second-order valence-electron chi connectivity index (χ2n) is 8.44. The van der Waals surface area contributed by atoms with Crippen molar-refractivity contribution in [1.29, 1.82) is 0 Å². The van der Waals surface area contributed by atoms with Gasteiger partial charge in [-0.3, -0.25) is 0 Å². The Morgan fingerprint density at radius 3 is 2.44 bits per heavy atom. The number of halogens is 1. The molecule has 2 fully saturated rings. The second-order valence-corrected chi connectivity index (χ2v) is 8.80. The molecule has 0 radical (unpaired) electrons. The van der Waals surface area contributed by atoms with Gasteiger partial charge >= 0.3 is 6.09 Å². The Labute approximate surface area is 165 Å². The highest BCUT2D eigenvalue weighted by molar-refractivity contribution is 6.30. The Balaban J connectivity index is 1.77. The van der Waals surface area contributed by atoms with Gasteiger partial charge in [-0.05, 0) is 58.4 Å². The van der Waals surface area contributed by atoms with Crippen LogP contribution in [0, 0.1) is 0 Å². The maximum atomic E-state index is 12.3. The Morgan fingerprint density at radius 2 is 1.96 bits per heavy atom. The van der Waals surface area contributed by atoms with Crippen LogP contribution < -0.4 is 4.74 Å². The summed E-state index contributed by atoms with van der Waals surface area (Å²) < 4.78 is 10.9. The molecule has 0 N–H and O–H groups in total. The van der Waals surface area contributed by atoms with Crippen LogP contribution in [0.2, 0.25) is 5.15 Å². The molecule has 0 bridgehead atoms. The van der Waals surface area contributed by atoms with E-state index in [0.29, 0.717) is 24.1 Å². The van der Waals surface area contributed by atoms with Gasteiger partial charge in [0.1, 0.15) is 17.0 Å². The van der Waals surface area contributed by atoms with Gasteiger partial charge in [0.25, 0.3) is 0 Å². The molecule has 7 heteroatoms. The van der Waals surface area contributed by atoms with Gasteiger partial charge in [0.2, 0.25) is 5.88 Å². The van der Waals surface area contributed by atoms with Crippen LogP contribution in [0.15, 0.2) is 6.07 Å². The number of nitrogens with zero attached hydrogens (tertiary/aromatic N) is 2. The third-order valence-electron chi connectivity index (χ3n) is 5.30. The van der Waals surface area contributed by atoms with Gasteiger partial charge in [-0.2, -0.15) is 0 Å². The van der Waals surface area contributed by atoms with E-state index in [1.807, 2.05) is 26.8 Å². The number of aromatic nitrogens is 1. The van der Waals surface area contributed by atoms with E-state index in [4.69, 9.17) is 21.1 Å². The first-order valence-corrected chi connectivity index (χ1v) is 9.76. The third kappa shape index (κ3) is 4.21. The van der Waals surface area contributed by atoms with Crippen LogP contribution in [0.4, 0.5) is 4.79 Å². The number of carbonyl (C=O) groups is 2. The van der Waals surface area contributed by atoms with Crippen molar-refractivity contribution in [2.45, 2.75) is 63.4 Å². The number of carbonyl (C=O) groups excluding carboxylic acids is 2. The third-order valence-corrected chi connectivity index (χ3v) is 5.59. The molecule has 3 rings (SSSR count). The van der Waals surface area contributed by atoms with Crippen LogP contribution >= 0.6 is 11.6 Å². The molecule has 1 aromatic heterocycles. The number of likely N-dealkylation sites (tertiary alicyclic amines) is 1. The van der Waals surface area contributed by atoms with E-state index in [2.05, 4.69) is 4.98 Å². The number of piperidine rings is 1. The van der Waals surface area contributed by atoms with Gasteiger partial charge in [-0.25, -0.2) is 9.78 Å². The number of hydrogen-bond donors (Lipinski definition) is 0. The number of methoxy groups -OCH3 is 1. The predicted molar refractivity (Wildman–Crippen MR) is 103 cm³/mol. The van der Waals surface area contributed by atoms with Crippen molar-refractivity contribution in [2.75, 3.05) is 20.2 Å². The maximum Gasteiger partial charge on any atom is 0.410 e. The SMILES string of the molecule is COc1nc(Cl)c(C2(C=O)CC2)cc1C1CCN(C(=O)OC(C)(C)C)CC1. The minimum atomic E-state index is -0.500. The van der Waals surface area contributed by atoms with Crippen molar-refractivity contribution in [2.24, 2.45) is 0 Å². The number of aldehydes is 1. The molecule has 1 saturated heterocycles. The summed E-state index contributed by atoms with van der Waals surface area (Å²) in [6.45, 7) is 6.82. The fraction of sp³-hybridized carbons (Fsp3) is 0.650. The minimum absolute atomic E-state index is 0.199. The molecule has 0 atom stereocenters. The fourth-order valence-electron chi connectivity index (χ4n) is 3.58. The van der Waals surface area contributed by atoms with E-state index in [0.717, 1.165) is 43.1 Å². The summed E-state index contributed by atoms with van der Waals surface area (Å²) in [6.07, 6.45) is 3.89. The molecule has 27 heavy (non-hydrogen) atoms. The molecule has 0 spiro atoms. The quantitative estimate of drug-likeness (QED) is 0.568. The highest BCUT2D eigenvalue weighted by Crippen LogP contribution is 2.50. The van der Waals surface area contributed by atoms with Crippen molar-refractivity contribution in [3.8, 4) is 5.88 Å². The first kappa shape index (κ1) is 19.9. The summed E-state index contributed by atoms with van der Waals surface area (Å²) >= 11 is 6.33. The zero-order valence-electron chi connectivity index (χ0n) is 16.4. The van der Waals surface area contributed by atoms with Crippen LogP contribution in [-0.2, 0) is 14.9 Å². The normalized spacial score (nSPS) is 19.5. The van der Waals surface area contributed by atoms with Crippen molar-refractivity contribution in [3.63, 3.8) is 0 Å². The Bertz CT molecular complexity index is 732. The van der Waals surface area contributed by atoms with Crippen molar-refractivity contribution >= 4 is 24.0 Å². The topological polar surface area (TPSA) is 68.7 Å². The van der Waals surface area contributed by atoms with E-state index >= 15 is 0 Å². The van der Waals surface area contributed by atoms with Crippen molar-refractivity contribution < 1.29 is 19.1 Å². The van der Waals surface area contributed by atoms with Gasteiger partial charge in [-0.15, -0.1) is 0 Å². The second kappa shape index (κ2) is 7.30. The summed E-state index contributed by atoms with van der Waals surface area (Å²) in [6, 6.07) is 1.99. The summed E-state index contributed by atoms with van der Waals surface area (Å²) in [5.41, 5.74) is 0.778. The molecular weight excluding hydrogens is 368 g/mol. The average molecular weight is 395 g/mol. The molecule has 1 aliphatic carbocycles. The number of rotatable bonds is 4. The van der Waals surface area contributed by atoms with Crippen LogP contribution in [0.3, 0.4) is 0 Å². The number of amides is 1. The highest BCUT2D eigenvalue weighted by atomic mass is 35.5. The van der Waals surface area contributed by atoms with E-state index < -0.39 is 11.0 Å². The minimum Gasteiger partial charge on any atom is -0.481 e. The molecule has 1 aromatic rings. The molecule has 6 nitrogen and oxygen atoms in total. The molecule has 2 aliphatic rings. The van der Waals surface area contributed by atoms with E-state index in [1.54, 1.807) is 12.0 Å². The number of hydrogen-bond acceptors (Lipinski definition) is 5. The van der Waals surface area contributed by atoms with Crippen molar-refractivity contribution in [3.05, 3.63) is 22.3 Å². The zero-order chi connectivity index (χ0) is 19.8. The van der Waals surface area contributed by atoms with Crippen molar-refractivity contribution in [1.82, 2.24) is 9.88 Å². The zero-order valence-corrected chi connectivity index (χ0v) is 17.1. The molecule has 1 amide bonds. The fourth-order valence-corrected chi connectivity index (χ4v) is 3.90. The van der Waals surface area contributed by atoms with Gasteiger partial charge in [-0.1, -0.05) is 11.6 Å². The molecule has 1 aliphatic heterocycles. The summed E-state index contributed by atoms with van der Waals surface area (Å²) in [4.78, 5) is 30.0. The molecule has 0 unspecified atom stereocenters. The molecule has 148 valence electrons. The number of ether oxygens (including phenoxy) is 2. The number of pyridine rings is 1. The van der Waals surface area contributed by atoms with Gasteiger partial charge < -0.3 is 19.2 Å². The van der Waals surface area contributed by atoms with E-state index in [1.165, 1.54) is 0 Å². The van der Waals surface area contributed by atoms with Crippen LogP contribution in [0.5, 0.6) is 5.88 Å². The maximum absolute atomic E-state index is 12.3. The lowest BCUT2D eigenvalue weighted by Gasteiger charge is -2.34. The largest absolute Gasteiger partial charge is 0.481 e. The van der Waals surface area contributed by atoms with Gasteiger partial charge in [0.05, 0.1) is 12.5 Å². The summed E-state index contributed by atoms with van der Waals surface area (Å²) in [5, 5.41) is 0.339. The molecule has 2 heterocycles. The first-order valence-electron chi connectivity index (χ1n) is 9.38. The smallest absolute Gasteiger partial charge is 0.410 e. The van der Waals surface area contributed by atoms with Crippen LogP contribution in [-0.4, -0.2) is 48.1 Å². The Kier molecular flexibility index (Phi) is 5.39. The van der Waals surface area contributed by atoms with Crippen LogP contribution in [0.1, 0.15) is 63.5 Å². The first-order chi connectivity index (χ1) is 12.7. The molecule has 1 saturated carbocycles.